The van der Waals surface area contributed by atoms with Crippen LogP contribution < -0.4 is 5.32 Å². The number of hydrogen-bond acceptors (Lipinski definition) is 6. The Morgan fingerprint density at radius 1 is 1.45 bits per heavy atom. The van der Waals surface area contributed by atoms with Crippen molar-refractivity contribution in [3.8, 4) is 5.75 Å². The summed E-state index contributed by atoms with van der Waals surface area (Å²) in [5.74, 6) is -1.78. The topological polar surface area (TPSA) is 127 Å². The number of nitrogens with one attached hydrogen (secondary N) is 1. The maximum Gasteiger partial charge on any atom is 0.311 e. The van der Waals surface area contributed by atoms with Crippen molar-refractivity contribution in [2.75, 3.05) is 18.1 Å². The van der Waals surface area contributed by atoms with Crippen molar-refractivity contribution in [3.63, 3.8) is 0 Å². The molecule has 8 nitrogen and oxygen atoms in total. The highest BCUT2D eigenvalue weighted by atomic mass is 32.2. The summed E-state index contributed by atoms with van der Waals surface area (Å²) in [6.45, 7) is 1.36. The number of amides is 1. The zero-order valence-electron chi connectivity index (χ0n) is 10.7. The number of carbonyl (C=O) groups is 1. The number of nitro groups is 1. The maximum absolute atomic E-state index is 11.7. The minimum atomic E-state index is -3.21. The van der Waals surface area contributed by atoms with E-state index in [0.717, 1.165) is 6.07 Å². The highest BCUT2D eigenvalue weighted by Gasteiger charge is 2.20. The first-order valence-electron chi connectivity index (χ1n) is 5.73. The molecule has 0 radical (unpaired) electrons. The third kappa shape index (κ3) is 3.92. The molecule has 9 heteroatoms. The normalized spacial score (nSPS) is 11.1. The molecule has 1 rings (SSSR count). The second kappa shape index (κ2) is 6.33. The van der Waals surface area contributed by atoms with Crippen LogP contribution in [0, 0.1) is 10.1 Å². The van der Waals surface area contributed by atoms with Gasteiger partial charge >= 0.3 is 5.69 Å². The van der Waals surface area contributed by atoms with Crippen molar-refractivity contribution >= 4 is 21.4 Å². The van der Waals surface area contributed by atoms with Crippen LogP contribution in [0.15, 0.2) is 18.2 Å². The molecule has 110 valence electrons. The van der Waals surface area contributed by atoms with Crippen molar-refractivity contribution in [2.24, 2.45) is 0 Å². The third-order valence-corrected chi connectivity index (χ3v) is 4.30. The Morgan fingerprint density at radius 3 is 2.65 bits per heavy atom. The zero-order valence-corrected chi connectivity index (χ0v) is 11.5. The Labute approximate surface area is 115 Å². The molecule has 0 saturated heterocycles. The Hall–Kier alpha value is -2.16. The molecule has 0 heterocycles. The number of benzene rings is 1. The van der Waals surface area contributed by atoms with Gasteiger partial charge in [-0.25, -0.2) is 8.42 Å². The van der Waals surface area contributed by atoms with Crippen LogP contribution in [-0.4, -0.2) is 42.4 Å². The fourth-order valence-corrected chi connectivity index (χ4v) is 2.12. The molecular weight excluding hydrogens is 288 g/mol. The number of sulfone groups is 1. The van der Waals surface area contributed by atoms with Gasteiger partial charge in [-0.15, -0.1) is 0 Å². The fourth-order valence-electron chi connectivity index (χ4n) is 1.42. The number of phenols is 1. The van der Waals surface area contributed by atoms with Crippen LogP contribution in [0.4, 0.5) is 5.69 Å². The lowest BCUT2D eigenvalue weighted by atomic mass is 10.1. The minimum Gasteiger partial charge on any atom is -0.502 e. The number of aromatic hydroxyl groups is 1. The van der Waals surface area contributed by atoms with Crippen molar-refractivity contribution in [1.29, 1.82) is 0 Å². The molecule has 1 amide bonds. The Bertz CT molecular complexity index is 626. The van der Waals surface area contributed by atoms with E-state index in [-0.39, 0.29) is 23.6 Å². The minimum absolute atomic E-state index is 0.0368. The molecule has 0 atom stereocenters. The van der Waals surface area contributed by atoms with Crippen LogP contribution in [-0.2, 0) is 9.84 Å². The van der Waals surface area contributed by atoms with Crippen LogP contribution in [0.2, 0.25) is 0 Å². The molecule has 0 aromatic heterocycles. The van der Waals surface area contributed by atoms with E-state index in [0.29, 0.717) is 0 Å². The molecule has 1 aromatic carbocycles. The van der Waals surface area contributed by atoms with Gasteiger partial charge in [0.25, 0.3) is 5.91 Å². The molecule has 20 heavy (non-hydrogen) atoms. The van der Waals surface area contributed by atoms with E-state index < -0.39 is 32.1 Å². The standard InChI is InChI=1S/C11H14N2O6S/c1-2-20(18,19)7-6-12-11(15)8-4-3-5-9(10(8)14)13(16)17/h3-5,14H,2,6-7H2,1H3,(H,12,15). The number of carbonyl (C=O) groups excluding carboxylic acids is 1. The molecule has 0 aliphatic heterocycles. The van der Waals surface area contributed by atoms with Gasteiger partial charge in [0.05, 0.1) is 16.2 Å². The second-order valence-corrected chi connectivity index (χ2v) is 6.40. The fraction of sp³-hybridized carbons (Fsp3) is 0.364. The predicted octanol–water partition coefficient (Wildman–Crippen LogP) is 0.465. The van der Waals surface area contributed by atoms with Crippen LogP contribution in [0.5, 0.6) is 5.75 Å². The molecule has 0 bridgehead atoms. The Kier molecular flexibility index (Phi) is 5.03. The van der Waals surface area contributed by atoms with Gasteiger partial charge in [-0.2, -0.15) is 0 Å². The van der Waals surface area contributed by atoms with Gasteiger partial charge in [-0.1, -0.05) is 13.0 Å². The summed E-state index contributed by atoms with van der Waals surface area (Å²) >= 11 is 0. The molecule has 0 saturated carbocycles. The molecular formula is C11H14N2O6S. The monoisotopic (exact) mass is 302 g/mol. The molecule has 0 fully saturated rings. The summed E-state index contributed by atoms with van der Waals surface area (Å²) in [5, 5.41) is 22.5. The van der Waals surface area contributed by atoms with E-state index in [2.05, 4.69) is 5.32 Å². The van der Waals surface area contributed by atoms with Gasteiger partial charge in [0.1, 0.15) is 0 Å². The number of para-hydroxylation sites is 1. The van der Waals surface area contributed by atoms with Gasteiger partial charge < -0.3 is 10.4 Å². The first-order valence-corrected chi connectivity index (χ1v) is 7.55. The highest BCUT2D eigenvalue weighted by molar-refractivity contribution is 7.91. The van der Waals surface area contributed by atoms with Crippen molar-refractivity contribution < 1.29 is 23.2 Å². The van der Waals surface area contributed by atoms with Gasteiger partial charge in [0, 0.05) is 18.4 Å². The summed E-state index contributed by atoms with van der Waals surface area (Å²) in [5.41, 5.74) is -0.855. The first kappa shape index (κ1) is 15.9. The second-order valence-electron chi connectivity index (χ2n) is 3.92. The molecule has 0 unspecified atom stereocenters. The van der Waals surface area contributed by atoms with Gasteiger partial charge in [-0.05, 0) is 6.07 Å². The lowest BCUT2D eigenvalue weighted by Gasteiger charge is -2.07. The van der Waals surface area contributed by atoms with Gasteiger partial charge in [-0.3, -0.25) is 14.9 Å². The zero-order chi connectivity index (χ0) is 15.3. The number of nitrogens with zero attached hydrogens (tertiary/aromatic N) is 1. The lowest BCUT2D eigenvalue weighted by Crippen LogP contribution is -2.29. The number of rotatable bonds is 6. The van der Waals surface area contributed by atoms with Crippen molar-refractivity contribution in [3.05, 3.63) is 33.9 Å². The molecule has 2 N–H and O–H groups in total. The quantitative estimate of drug-likeness (QED) is 0.580. The van der Waals surface area contributed by atoms with E-state index in [9.17, 15) is 28.4 Å². The van der Waals surface area contributed by atoms with Crippen molar-refractivity contribution in [2.45, 2.75) is 6.92 Å². The summed E-state index contributed by atoms with van der Waals surface area (Å²) in [7, 11) is -3.21. The maximum atomic E-state index is 11.7. The summed E-state index contributed by atoms with van der Waals surface area (Å²) < 4.78 is 22.5. The molecule has 0 spiro atoms. The summed E-state index contributed by atoms with van der Waals surface area (Å²) in [4.78, 5) is 21.5. The molecule has 0 aliphatic carbocycles. The van der Waals surface area contributed by atoms with Crippen LogP contribution in [0.3, 0.4) is 0 Å². The van der Waals surface area contributed by atoms with E-state index in [1.54, 1.807) is 0 Å². The summed E-state index contributed by atoms with van der Waals surface area (Å²) in [6.07, 6.45) is 0. The average molecular weight is 302 g/mol. The Balaban J connectivity index is 2.79. The third-order valence-electron chi connectivity index (χ3n) is 2.59. The number of phenolic OH excluding ortho intramolecular Hbond substituents is 1. The highest BCUT2D eigenvalue weighted by Crippen LogP contribution is 2.28. The molecule has 1 aromatic rings. The largest absolute Gasteiger partial charge is 0.502 e. The molecule has 0 aliphatic rings. The van der Waals surface area contributed by atoms with Crippen molar-refractivity contribution in [1.82, 2.24) is 5.32 Å². The number of nitro benzene ring substituents is 1. The SMILES string of the molecule is CCS(=O)(=O)CCNC(=O)c1cccc([N+](=O)[O-])c1O. The van der Waals surface area contributed by atoms with E-state index >= 15 is 0 Å². The Morgan fingerprint density at radius 2 is 2.10 bits per heavy atom. The van der Waals surface area contributed by atoms with E-state index in [1.165, 1.54) is 19.1 Å². The van der Waals surface area contributed by atoms with E-state index in [1.807, 2.05) is 0 Å². The lowest BCUT2D eigenvalue weighted by molar-refractivity contribution is -0.385. The van der Waals surface area contributed by atoms with Crippen LogP contribution in [0.1, 0.15) is 17.3 Å². The predicted molar refractivity (Wildman–Crippen MR) is 71.4 cm³/mol. The van der Waals surface area contributed by atoms with Crippen LogP contribution in [0.25, 0.3) is 0 Å². The smallest absolute Gasteiger partial charge is 0.311 e. The van der Waals surface area contributed by atoms with Gasteiger partial charge in [0.2, 0.25) is 5.75 Å². The van der Waals surface area contributed by atoms with Gasteiger partial charge in [0.15, 0.2) is 9.84 Å². The first-order chi connectivity index (χ1) is 9.28. The average Bonchev–Trinajstić information content (AvgIpc) is 2.38. The number of hydrogen-bond donors (Lipinski definition) is 2. The summed E-state index contributed by atoms with van der Waals surface area (Å²) in [6, 6.07) is 3.54. The van der Waals surface area contributed by atoms with E-state index in [4.69, 9.17) is 0 Å². The van der Waals surface area contributed by atoms with Crippen LogP contribution >= 0.6 is 0 Å².